The number of nitrogens with one attached hydrogen (secondary N) is 1. The van der Waals surface area contributed by atoms with Gasteiger partial charge in [0.25, 0.3) is 5.91 Å². The van der Waals surface area contributed by atoms with E-state index in [9.17, 15) is 14.0 Å². The van der Waals surface area contributed by atoms with Crippen molar-refractivity contribution in [1.29, 1.82) is 0 Å². The molecule has 0 aromatic heterocycles. The Kier molecular flexibility index (Phi) is 5.74. The maximum atomic E-state index is 13.4. The zero-order chi connectivity index (χ0) is 19.4. The minimum Gasteiger partial charge on any atom is -0.350 e. The summed E-state index contributed by atoms with van der Waals surface area (Å²) in [5, 5.41) is 2.86. The molecule has 0 spiro atoms. The average Bonchev–Trinajstić information content (AvgIpc) is 2.63. The number of urea groups is 1. The molecule has 2 aromatic rings. The summed E-state index contributed by atoms with van der Waals surface area (Å²) in [6, 6.07) is 13.3. The van der Waals surface area contributed by atoms with Crippen molar-refractivity contribution in [2.75, 3.05) is 18.0 Å². The van der Waals surface area contributed by atoms with Gasteiger partial charge >= 0.3 is 6.03 Å². The van der Waals surface area contributed by atoms with Crippen LogP contribution in [0.5, 0.6) is 0 Å². The van der Waals surface area contributed by atoms with Gasteiger partial charge in [0.2, 0.25) is 0 Å². The standard InChI is InChI=1S/C21H24FN3O2/c1-15(2)23-20(26)17-7-4-9-19(13-17)25-11-5-10-24(21(25)27)14-16-6-3-8-18(22)12-16/h3-4,6-9,12-13,15H,5,10-11,14H2,1-2H3,(H,23,26). The molecule has 2 aromatic carbocycles. The fraction of sp³-hybridized carbons (Fsp3) is 0.333. The predicted molar refractivity (Wildman–Crippen MR) is 103 cm³/mol. The van der Waals surface area contributed by atoms with E-state index in [4.69, 9.17) is 0 Å². The third-order valence-corrected chi connectivity index (χ3v) is 4.41. The van der Waals surface area contributed by atoms with E-state index in [1.54, 1.807) is 34.1 Å². The number of benzene rings is 2. The lowest BCUT2D eigenvalue weighted by Gasteiger charge is -2.35. The number of anilines is 1. The molecule has 3 amide bonds. The first-order valence-electron chi connectivity index (χ1n) is 9.16. The molecule has 3 rings (SSSR count). The van der Waals surface area contributed by atoms with E-state index in [1.165, 1.54) is 12.1 Å². The van der Waals surface area contributed by atoms with Crippen LogP contribution in [0.2, 0.25) is 0 Å². The Labute approximate surface area is 158 Å². The van der Waals surface area contributed by atoms with Gasteiger partial charge in [0.05, 0.1) is 0 Å². The first kappa shape index (κ1) is 18.9. The molecule has 1 heterocycles. The molecule has 0 atom stereocenters. The molecule has 0 bridgehead atoms. The first-order chi connectivity index (χ1) is 12.9. The van der Waals surface area contributed by atoms with Gasteiger partial charge in [-0.3, -0.25) is 9.69 Å². The van der Waals surface area contributed by atoms with Gasteiger partial charge in [-0.1, -0.05) is 18.2 Å². The number of halogens is 1. The van der Waals surface area contributed by atoms with Crippen LogP contribution >= 0.6 is 0 Å². The molecule has 1 aliphatic rings. The van der Waals surface area contributed by atoms with E-state index in [0.717, 1.165) is 12.0 Å². The van der Waals surface area contributed by atoms with Crippen molar-refractivity contribution in [3.8, 4) is 0 Å². The van der Waals surface area contributed by atoms with Gasteiger partial charge in [0.15, 0.2) is 0 Å². The molecule has 1 saturated heterocycles. The van der Waals surface area contributed by atoms with Gasteiger partial charge in [-0.05, 0) is 56.2 Å². The largest absolute Gasteiger partial charge is 0.350 e. The summed E-state index contributed by atoms with van der Waals surface area (Å²) in [7, 11) is 0. The maximum absolute atomic E-state index is 13.4. The van der Waals surface area contributed by atoms with Crippen molar-refractivity contribution in [1.82, 2.24) is 10.2 Å². The zero-order valence-electron chi connectivity index (χ0n) is 15.6. The van der Waals surface area contributed by atoms with Crippen molar-refractivity contribution >= 4 is 17.6 Å². The monoisotopic (exact) mass is 369 g/mol. The molecule has 5 nitrogen and oxygen atoms in total. The maximum Gasteiger partial charge on any atom is 0.324 e. The van der Waals surface area contributed by atoms with Crippen LogP contribution in [0.25, 0.3) is 0 Å². The second-order valence-electron chi connectivity index (χ2n) is 7.02. The minimum absolute atomic E-state index is 0.0412. The van der Waals surface area contributed by atoms with Gasteiger partial charge in [-0.15, -0.1) is 0 Å². The van der Waals surface area contributed by atoms with Crippen LogP contribution in [-0.4, -0.2) is 36.0 Å². The molecule has 1 N–H and O–H groups in total. The summed E-state index contributed by atoms with van der Waals surface area (Å²) in [5.74, 6) is -0.467. The summed E-state index contributed by atoms with van der Waals surface area (Å²) in [5.41, 5.74) is 1.98. The fourth-order valence-corrected chi connectivity index (χ4v) is 3.18. The van der Waals surface area contributed by atoms with E-state index in [0.29, 0.717) is 30.9 Å². The van der Waals surface area contributed by atoms with Crippen molar-refractivity contribution in [2.24, 2.45) is 0 Å². The Morgan fingerprint density at radius 2 is 1.93 bits per heavy atom. The quantitative estimate of drug-likeness (QED) is 0.872. The number of hydrogen-bond donors (Lipinski definition) is 1. The van der Waals surface area contributed by atoms with Crippen LogP contribution in [0.15, 0.2) is 48.5 Å². The highest BCUT2D eigenvalue weighted by molar-refractivity contribution is 5.98. The third-order valence-electron chi connectivity index (χ3n) is 4.41. The van der Waals surface area contributed by atoms with Crippen LogP contribution in [0.3, 0.4) is 0 Å². The van der Waals surface area contributed by atoms with Crippen LogP contribution in [0.1, 0.15) is 36.2 Å². The third kappa shape index (κ3) is 4.64. The minimum atomic E-state index is -0.308. The summed E-state index contributed by atoms with van der Waals surface area (Å²) < 4.78 is 13.4. The van der Waals surface area contributed by atoms with Gasteiger partial charge in [-0.2, -0.15) is 0 Å². The Morgan fingerprint density at radius 3 is 2.67 bits per heavy atom. The number of amides is 3. The first-order valence-corrected chi connectivity index (χ1v) is 9.16. The van der Waals surface area contributed by atoms with E-state index in [-0.39, 0.29) is 23.8 Å². The smallest absolute Gasteiger partial charge is 0.324 e. The van der Waals surface area contributed by atoms with Gasteiger partial charge < -0.3 is 10.2 Å². The molecular formula is C21H24FN3O2. The van der Waals surface area contributed by atoms with Crippen LogP contribution in [0, 0.1) is 5.82 Å². The number of hydrogen-bond acceptors (Lipinski definition) is 2. The second-order valence-corrected chi connectivity index (χ2v) is 7.02. The number of nitrogens with zero attached hydrogens (tertiary/aromatic N) is 2. The summed E-state index contributed by atoms with van der Waals surface area (Å²) in [4.78, 5) is 28.6. The average molecular weight is 369 g/mol. The molecule has 27 heavy (non-hydrogen) atoms. The molecule has 142 valence electrons. The Balaban J connectivity index is 1.76. The Bertz CT molecular complexity index is 838. The highest BCUT2D eigenvalue weighted by atomic mass is 19.1. The lowest BCUT2D eigenvalue weighted by molar-refractivity contribution is 0.0943. The predicted octanol–water partition coefficient (Wildman–Crippen LogP) is 3.80. The van der Waals surface area contributed by atoms with E-state index in [2.05, 4.69) is 5.32 Å². The van der Waals surface area contributed by atoms with Crippen LogP contribution in [0.4, 0.5) is 14.9 Å². The molecule has 0 unspecified atom stereocenters. The fourth-order valence-electron chi connectivity index (χ4n) is 3.18. The number of rotatable bonds is 5. The van der Waals surface area contributed by atoms with Gasteiger partial charge in [0.1, 0.15) is 5.82 Å². The van der Waals surface area contributed by atoms with E-state index >= 15 is 0 Å². The molecule has 6 heteroatoms. The van der Waals surface area contributed by atoms with Crippen molar-refractivity contribution in [3.63, 3.8) is 0 Å². The number of carbonyl (C=O) groups excluding carboxylic acids is 2. The molecule has 0 saturated carbocycles. The highest BCUT2D eigenvalue weighted by Gasteiger charge is 2.27. The summed E-state index contributed by atoms with van der Waals surface area (Å²) in [6.45, 7) is 5.38. The number of carbonyl (C=O) groups is 2. The summed E-state index contributed by atoms with van der Waals surface area (Å²) >= 11 is 0. The van der Waals surface area contributed by atoms with Crippen LogP contribution < -0.4 is 10.2 Å². The lowest BCUT2D eigenvalue weighted by Crippen LogP contribution is -2.49. The highest BCUT2D eigenvalue weighted by Crippen LogP contribution is 2.23. The van der Waals surface area contributed by atoms with Gasteiger partial charge in [0, 0.05) is 36.9 Å². The van der Waals surface area contributed by atoms with Gasteiger partial charge in [-0.25, -0.2) is 9.18 Å². The topological polar surface area (TPSA) is 52.7 Å². The zero-order valence-corrected chi connectivity index (χ0v) is 15.6. The lowest BCUT2D eigenvalue weighted by atomic mass is 10.1. The van der Waals surface area contributed by atoms with E-state index in [1.807, 2.05) is 26.0 Å². The second kappa shape index (κ2) is 8.20. The molecular weight excluding hydrogens is 345 g/mol. The molecule has 1 fully saturated rings. The van der Waals surface area contributed by atoms with Crippen molar-refractivity contribution in [3.05, 3.63) is 65.5 Å². The van der Waals surface area contributed by atoms with Crippen molar-refractivity contribution in [2.45, 2.75) is 32.9 Å². The SMILES string of the molecule is CC(C)NC(=O)c1cccc(N2CCCN(Cc3cccc(F)c3)C2=O)c1. The normalized spacial score (nSPS) is 14.6. The van der Waals surface area contributed by atoms with Crippen LogP contribution in [-0.2, 0) is 6.54 Å². The van der Waals surface area contributed by atoms with E-state index < -0.39 is 0 Å². The molecule has 1 aliphatic heterocycles. The summed E-state index contributed by atoms with van der Waals surface area (Å²) in [6.07, 6.45) is 0.809. The Morgan fingerprint density at radius 1 is 1.15 bits per heavy atom. The Hall–Kier alpha value is -2.89. The molecule has 0 aliphatic carbocycles. The molecule has 0 radical (unpaired) electrons. The van der Waals surface area contributed by atoms with Crippen molar-refractivity contribution < 1.29 is 14.0 Å².